The maximum atomic E-state index is 9.31. The first-order valence-corrected chi connectivity index (χ1v) is 5.16. The number of aliphatic hydroxyl groups is 1. The van der Waals surface area contributed by atoms with Gasteiger partial charge in [-0.1, -0.05) is 0 Å². The molecule has 6 nitrogen and oxygen atoms in total. The molecular formula is C10H15N5O. The Morgan fingerprint density at radius 3 is 2.88 bits per heavy atom. The molecule has 2 aromatic rings. The van der Waals surface area contributed by atoms with E-state index in [1.807, 2.05) is 31.0 Å². The van der Waals surface area contributed by atoms with E-state index >= 15 is 0 Å². The summed E-state index contributed by atoms with van der Waals surface area (Å²) in [7, 11) is 1.89. The van der Waals surface area contributed by atoms with E-state index in [0.717, 1.165) is 17.3 Å². The van der Waals surface area contributed by atoms with Gasteiger partial charge in [0.05, 0.1) is 6.10 Å². The van der Waals surface area contributed by atoms with Crippen LogP contribution in [0.15, 0.2) is 12.1 Å². The first-order chi connectivity index (χ1) is 7.58. The number of aliphatic hydroxyl groups excluding tert-OH is 1. The molecule has 2 aromatic heterocycles. The molecule has 2 rings (SSSR count). The number of rotatable bonds is 3. The van der Waals surface area contributed by atoms with Crippen LogP contribution in [0.1, 0.15) is 12.7 Å². The summed E-state index contributed by atoms with van der Waals surface area (Å²) >= 11 is 0. The highest BCUT2D eigenvalue weighted by Gasteiger charge is 2.08. The molecule has 0 aliphatic carbocycles. The minimum Gasteiger partial charge on any atom is -0.392 e. The van der Waals surface area contributed by atoms with Gasteiger partial charge in [-0.25, -0.2) is 0 Å². The zero-order valence-electron chi connectivity index (χ0n) is 9.62. The number of hydrogen-bond acceptors (Lipinski definition) is 5. The average molecular weight is 221 g/mol. The van der Waals surface area contributed by atoms with Crippen molar-refractivity contribution in [1.29, 1.82) is 0 Å². The number of fused-ring (bicyclic) bond motifs is 1. The molecule has 0 bridgehead atoms. The Bertz CT molecular complexity index is 493. The zero-order chi connectivity index (χ0) is 11.7. The molecule has 0 saturated carbocycles. The van der Waals surface area contributed by atoms with Crippen LogP contribution in [0, 0.1) is 6.92 Å². The summed E-state index contributed by atoms with van der Waals surface area (Å²) in [5.74, 6) is 1.54. The van der Waals surface area contributed by atoms with E-state index in [4.69, 9.17) is 0 Å². The molecule has 86 valence electrons. The Labute approximate surface area is 93.5 Å². The smallest absolute Gasteiger partial charge is 0.178 e. The Kier molecular flexibility index (Phi) is 2.74. The van der Waals surface area contributed by atoms with E-state index in [1.54, 1.807) is 11.4 Å². The van der Waals surface area contributed by atoms with E-state index in [0.29, 0.717) is 6.54 Å². The molecule has 1 unspecified atom stereocenters. The Morgan fingerprint density at radius 1 is 1.44 bits per heavy atom. The maximum Gasteiger partial charge on any atom is 0.178 e. The molecule has 0 fully saturated rings. The minimum absolute atomic E-state index is 0.385. The number of likely N-dealkylation sites (N-methyl/N-ethyl adjacent to an activating group) is 1. The highest BCUT2D eigenvalue weighted by molar-refractivity contribution is 5.45. The van der Waals surface area contributed by atoms with Crippen molar-refractivity contribution in [2.24, 2.45) is 0 Å². The fourth-order valence-corrected chi connectivity index (χ4v) is 1.58. The number of nitrogens with zero attached hydrogens (tertiary/aromatic N) is 5. The summed E-state index contributed by atoms with van der Waals surface area (Å²) in [5, 5.41) is 21.6. The van der Waals surface area contributed by atoms with Gasteiger partial charge in [0, 0.05) is 13.6 Å². The van der Waals surface area contributed by atoms with Crippen molar-refractivity contribution >= 4 is 11.5 Å². The normalized spacial score (nSPS) is 13.0. The molecule has 0 aliphatic heterocycles. The second kappa shape index (κ2) is 4.05. The van der Waals surface area contributed by atoms with Gasteiger partial charge in [-0.15, -0.1) is 15.3 Å². The second-order valence-corrected chi connectivity index (χ2v) is 3.94. The fourth-order valence-electron chi connectivity index (χ4n) is 1.58. The van der Waals surface area contributed by atoms with E-state index in [2.05, 4.69) is 15.3 Å². The van der Waals surface area contributed by atoms with E-state index in [1.165, 1.54) is 0 Å². The maximum absolute atomic E-state index is 9.31. The third-order valence-electron chi connectivity index (χ3n) is 2.33. The minimum atomic E-state index is -0.385. The van der Waals surface area contributed by atoms with Crippen molar-refractivity contribution in [3.05, 3.63) is 18.0 Å². The van der Waals surface area contributed by atoms with Gasteiger partial charge in [0.2, 0.25) is 0 Å². The molecule has 0 saturated heterocycles. The monoisotopic (exact) mass is 221 g/mol. The molecule has 0 spiro atoms. The van der Waals surface area contributed by atoms with Gasteiger partial charge in [-0.05, 0) is 26.0 Å². The molecule has 16 heavy (non-hydrogen) atoms. The average Bonchev–Trinajstić information content (AvgIpc) is 2.59. The standard InChI is InChI=1S/C10H15N5O/c1-7(16)6-14(3)10-5-4-9-12-11-8(2)15(9)13-10/h4-5,7,16H,6H2,1-3H3. The summed E-state index contributed by atoms with van der Waals surface area (Å²) in [6.07, 6.45) is -0.385. The summed E-state index contributed by atoms with van der Waals surface area (Å²) in [6.45, 7) is 4.14. The van der Waals surface area contributed by atoms with Crippen LogP contribution in [-0.4, -0.2) is 44.6 Å². The van der Waals surface area contributed by atoms with Gasteiger partial charge in [0.1, 0.15) is 5.82 Å². The van der Waals surface area contributed by atoms with Crippen LogP contribution in [0.3, 0.4) is 0 Å². The number of aromatic nitrogens is 4. The predicted octanol–water partition coefficient (Wildman–Crippen LogP) is 0.250. The van der Waals surface area contributed by atoms with Crippen LogP contribution in [0.5, 0.6) is 0 Å². The van der Waals surface area contributed by atoms with Crippen molar-refractivity contribution in [3.8, 4) is 0 Å². The van der Waals surface area contributed by atoms with E-state index < -0.39 is 0 Å². The third-order valence-corrected chi connectivity index (χ3v) is 2.33. The SMILES string of the molecule is Cc1nnc2ccc(N(C)CC(C)O)nn12. The van der Waals surface area contributed by atoms with Crippen molar-refractivity contribution in [2.45, 2.75) is 20.0 Å². The largest absolute Gasteiger partial charge is 0.392 e. The molecule has 0 aromatic carbocycles. The van der Waals surface area contributed by atoms with Crippen molar-refractivity contribution in [1.82, 2.24) is 19.8 Å². The second-order valence-electron chi connectivity index (χ2n) is 3.94. The summed E-state index contributed by atoms with van der Waals surface area (Å²) < 4.78 is 1.69. The Hall–Kier alpha value is -1.69. The molecule has 0 radical (unpaired) electrons. The number of anilines is 1. The predicted molar refractivity (Wildman–Crippen MR) is 60.5 cm³/mol. The van der Waals surface area contributed by atoms with Crippen LogP contribution in [0.2, 0.25) is 0 Å². The van der Waals surface area contributed by atoms with Crippen molar-refractivity contribution < 1.29 is 5.11 Å². The highest BCUT2D eigenvalue weighted by Crippen LogP contribution is 2.10. The van der Waals surface area contributed by atoms with Gasteiger partial charge in [-0.3, -0.25) is 0 Å². The summed E-state index contributed by atoms with van der Waals surface area (Å²) in [4.78, 5) is 1.89. The zero-order valence-corrected chi connectivity index (χ0v) is 9.62. The topological polar surface area (TPSA) is 66.5 Å². The van der Waals surface area contributed by atoms with Gasteiger partial charge in [0.15, 0.2) is 11.5 Å². The third kappa shape index (κ3) is 1.96. The lowest BCUT2D eigenvalue weighted by molar-refractivity contribution is 0.201. The molecular weight excluding hydrogens is 206 g/mol. The number of aryl methyl sites for hydroxylation is 1. The lowest BCUT2D eigenvalue weighted by Crippen LogP contribution is -2.28. The lowest BCUT2D eigenvalue weighted by atomic mass is 10.3. The molecule has 1 atom stereocenters. The Morgan fingerprint density at radius 2 is 2.19 bits per heavy atom. The number of hydrogen-bond donors (Lipinski definition) is 1. The first kappa shape index (κ1) is 10.8. The van der Waals surface area contributed by atoms with E-state index in [9.17, 15) is 5.11 Å². The van der Waals surface area contributed by atoms with Crippen molar-refractivity contribution in [3.63, 3.8) is 0 Å². The fraction of sp³-hybridized carbons (Fsp3) is 0.500. The van der Waals surface area contributed by atoms with E-state index in [-0.39, 0.29) is 6.10 Å². The summed E-state index contributed by atoms with van der Waals surface area (Å²) in [5.41, 5.74) is 0.728. The van der Waals surface area contributed by atoms with Crippen LogP contribution >= 0.6 is 0 Å². The molecule has 0 amide bonds. The first-order valence-electron chi connectivity index (χ1n) is 5.16. The van der Waals surface area contributed by atoms with Crippen molar-refractivity contribution in [2.75, 3.05) is 18.5 Å². The quantitative estimate of drug-likeness (QED) is 0.804. The van der Waals surface area contributed by atoms with Crippen LogP contribution in [0.4, 0.5) is 5.82 Å². The van der Waals surface area contributed by atoms with Gasteiger partial charge >= 0.3 is 0 Å². The van der Waals surface area contributed by atoms with Gasteiger partial charge < -0.3 is 10.0 Å². The lowest BCUT2D eigenvalue weighted by Gasteiger charge is -2.19. The Balaban J connectivity index is 2.34. The van der Waals surface area contributed by atoms with Gasteiger partial charge in [-0.2, -0.15) is 4.52 Å². The highest BCUT2D eigenvalue weighted by atomic mass is 16.3. The van der Waals surface area contributed by atoms with Gasteiger partial charge in [0.25, 0.3) is 0 Å². The van der Waals surface area contributed by atoms with Crippen LogP contribution in [-0.2, 0) is 0 Å². The summed E-state index contributed by atoms with van der Waals surface area (Å²) in [6, 6.07) is 3.73. The molecule has 0 aliphatic rings. The molecule has 1 N–H and O–H groups in total. The van der Waals surface area contributed by atoms with Crippen LogP contribution < -0.4 is 4.90 Å². The molecule has 6 heteroatoms. The molecule has 2 heterocycles. The van der Waals surface area contributed by atoms with Crippen LogP contribution in [0.25, 0.3) is 5.65 Å².